The monoisotopic (exact) mass is 367 g/mol. The first-order chi connectivity index (χ1) is 13.2. The number of hydrogen-bond acceptors (Lipinski definition) is 3. The molecule has 5 heteroatoms. The highest BCUT2D eigenvalue weighted by atomic mass is 19.1. The van der Waals surface area contributed by atoms with Crippen LogP contribution in [0, 0.1) is 5.82 Å². The van der Waals surface area contributed by atoms with Crippen LogP contribution in [-0.2, 0) is 11.3 Å². The van der Waals surface area contributed by atoms with E-state index in [1.165, 1.54) is 24.6 Å². The van der Waals surface area contributed by atoms with E-state index in [9.17, 15) is 9.18 Å². The van der Waals surface area contributed by atoms with Gasteiger partial charge in [0.25, 0.3) is 0 Å². The average Bonchev–Trinajstić information content (AvgIpc) is 3.19. The zero-order valence-electron chi connectivity index (χ0n) is 15.5. The number of nitrogens with one attached hydrogen (secondary N) is 1. The van der Waals surface area contributed by atoms with Gasteiger partial charge in [-0.25, -0.2) is 4.39 Å². The van der Waals surface area contributed by atoms with Crippen molar-refractivity contribution >= 4 is 17.3 Å². The molecule has 3 rings (SSSR count). The first-order valence-corrected chi connectivity index (χ1v) is 9.37. The molecule has 1 heterocycles. The van der Waals surface area contributed by atoms with E-state index in [1.54, 1.807) is 24.3 Å². The number of halogens is 1. The van der Waals surface area contributed by atoms with E-state index in [-0.39, 0.29) is 18.3 Å². The Morgan fingerprint density at radius 3 is 2.52 bits per heavy atom. The molecule has 1 N–H and O–H groups in total. The molecule has 0 aromatic heterocycles. The lowest BCUT2D eigenvalue weighted by Crippen LogP contribution is -2.33. The molecule has 0 aliphatic carbocycles. The SMILES string of the molecule is C=CCN(CC(=O)Nc1ccc(N2CCCC2)cc1)Cc1ccccc1F. The Kier molecular flexibility index (Phi) is 6.60. The van der Waals surface area contributed by atoms with Crippen LogP contribution in [0.25, 0.3) is 0 Å². The topological polar surface area (TPSA) is 35.6 Å². The highest BCUT2D eigenvalue weighted by molar-refractivity contribution is 5.92. The van der Waals surface area contributed by atoms with Gasteiger partial charge in [0, 0.05) is 43.1 Å². The molecule has 4 nitrogen and oxygen atoms in total. The quantitative estimate of drug-likeness (QED) is 0.715. The Labute approximate surface area is 160 Å². The Morgan fingerprint density at radius 1 is 1.15 bits per heavy atom. The molecule has 0 atom stereocenters. The molecule has 0 bridgehead atoms. The van der Waals surface area contributed by atoms with Gasteiger partial charge < -0.3 is 10.2 Å². The van der Waals surface area contributed by atoms with E-state index in [4.69, 9.17) is 0 Å². The van der Waals surface area contributed by atoms with Crippen LogP contribution in [-0.4, -0.2) is 37.0 Å². The third-order valence-corrected chi connectivity index (χ3v) is 4.73. The van der Waals surface area contributed by atoms with Crippen molar-refractivity contribution in [3.8, 4) is 0 Å². The van der Waals surface area contributed by atoms with E-state index < -0.39 is 0 Å². The second-order valence-electron chi connectivity index (χ2n) is 6.84. The predicted molar refractivity (Wildman–Crippen MR) is 108 cm³/mol. The first-order valence-electron chi connectivity index (χ1n) is 9.37. The van der Waals surface area contributed by atoms with Gasteiger partial charge in [0.1, 0.15) is 5.82 Å². The van der Waals surface area contributed by atoms with Gasteiger partial charge in [0.2, 0.25) is 5.91 Å². The van der Waals surface area contributed by atoms with Crippen molar-refractivity contribution in [2.45, 2.75) is 19.4 Å². The molecule has 2 aromatic rings. The molecule has 0 unspecified atom stereocenters. The van der Waals surface area contributed by atoms with Crippen LogP contribution in [0.3, 0.4) is 0 Å². The number of carbonyl (C=O) groups excluding carboxylic acids is 1. The van der Waals surface area contributed by atoms with E-state index >= 15 is 0 Å². The van der Waals surface area contributed by atoms with Gasteiger partial charge in [-0.15, -0.1) is 6.58 Å². The molecule has 142 valence electrons. The van der Waals surface area contributed by atoms with Gasteiger partial charge >= 0.3 is 0 Å². The Morgan fingerprint density at radius 2 is 1.85 bits per heavy atom. The molecular weight excluding hydrogens is 341 g/mol. The van der Waals surface area contributed by atoms with Crippen LogP contribution in [0.15, 0.2) is 61.2 Å². The number of benzene rings is 2. The first kappa shape index (κ1) is 19.1. The largest absolute Gasteiger partial charge is 0.372 e. The number of amides is 1. The highest BCUT2D eigenvalue weighted by Gasteiger charge is 2.14. The van der Waals surface area contributed by atoms with Crippen LogP contribution in [0.2, 0.25) is 0 Å². The summed E-state index contributed by atoms with van der Waals surface area (Å²) in [6, 6.07) is 14.6. The minimum absolute atomic E-state index is 0.123. The summed E-state index contributed by atoms with van der Waals surface area (Å²) in [5.41, 5.74) is 2.54. The number of rotatable bonds is 8. The lowest BCUT2D eigenvalue weighted by atomic mass is 10.2. The smallest absolute Gasteiger partial charge is 0.238 e. The molecule has 1 aliphatic heterocycles. The van der Waals surface area contributed by atoms with E-state index in [1.807, 2.05) is 29.2 Å². The van der Waals surface area contributed by atoms with Crippen molar-refractivity contribution in [3.05, 3.63) is 72.6 Å². The fourth-order valence-corrected chi connectivity index (χ4v) is 3.37. The maximum Gasteiger partial charge on any atom is 0.238 e. The van der Waals surface area contributed by atoms with Crippen molar-refractivity contribution in [1.82, 2.24) is 4.90 Å². The van der Waals surface area contributed by atoms with Gasteiger partial charge in [0.15, 0.2) is 0 Å². The lowest BCUT2D eigenvalue weighted by molar-refractivity contribution is -0.117. The Hall–Kier alpha value is -2.66. The third kappa shape index (κ3) is 5.41. The summed E-state index contributed by atoms with van der Waals surface area (Å²) in [6.45, 7) is 6.97. The molecule has 1 aliphatic rings. The van der Waals surface area contributed by atoms with Gasteiger partial charge in [-0.3, -0.25) is 9.69 Å². The molecule has 1 saturated heterocycles. The standard InChI is InChI=1S/C22H26FN3O/c1-2-13-25(16-18-7-3-4-8-21(18)23)17-22(27)24-19-9-11-20(12-10-19)26-14-5-6-15-26/h2-4,7-12H,1,5-6,13-17H2,(H,24,27). The summed E-state index contributed by atoms with van der Waals surface area (Å²) in [6.07, 6.45) is 4.19. The van der Waals surface area contributed by atoms with E-state index in [0.717, 1.165) is 18.8 Å². The van der Waals surface area contributed by atoms with Crippen molar-refractivity contribution in [2.24, 2.45) is 0 Å². The van der Waals surface area contributed by atoms with Gasteiger partial charge in [0.05, 0.1) is 6.54 Å². The molecule has 1 amide bonds. The normalized spacial score (nSPS) is 13.8. The third-order valence-electron chi connectivity index (χ3n) is 4.73. The minimum Gasteiger partial charge on any atom is -0.372 e. The summed E-state index contributed by atoms with van der Waals surface area (Å²) in [4.78, 5) is 16.6. The van der Waals surface area contributed by atoms with Crippen LogP contribution < -0.4 is 10.2 Å². The molecule has 0 spiro atoms. The molecule has 27 heavy (non-hydrogen) atoms. The summed E-state index contributed by atoms with van der Waals surface area (Å²) in [7, 11) is 0. The molecule has 2 aromatic carbocycles. The van der Waals surface area contributed by atoms with Gasteiger partial charge in [-0.05, 0) is 43.2 Å². The van der Waals surface area contributed by atoms with Crippen LogP contribution in [0.5, 0.6) is 0 Å². The second-order valence-corrected chi connectivity index (χ2v) is 6.84. The molecule has 0 radical (unpaired) electrons. The number of hydrogen-bond donors (Lipinski definition) is 1. The maximum absolute atomic E-state index is 13.9. The minimum atomic E-state index is -0.260. The average molecular weight is 367 g/mol. The molecular formula is C22H26FN3O. The Balaban J connectivity index is 1.57. The Bertz CT molecular complexity index is 769. The van der Waals surface area contributed by atoms with Crippen molar-refractivity contribution in [2.75, 3.05) is 36.4 Å². The van der Waals surface area contributed by atoms with Gasteiger partial charge in [-0.2, -0.15) is 0 Å². The van der Waals surface area contributed by atoms with E-state index in [0.29, 0.717) is 18.7 Å². The number of nitrogens with zero attached hydrogens (tertiary/aromatic N) is 2. The fourth-order valence-electron chi connectivity index (χ4n) is 3.37. The molecule has 1 fully saturated rings. The van der Waals surface area contributed by atoms with Gasteiger partial charge in [-0.1, -0.05) is 24.3 Å². The molecule has 0 saturated carbocycles. The summed E-state index contributed by atoms with van der Waals surface area (Å²) >= 11 is 0. The summed E-state index contributed by atoms with van der Waals surface area (Å²) in [5.74, 6) is -0.383. The highest BCUT2D eigenvalue weighted by Crippen LogP contribution is 2.22. The zero-order chi connectivity index (χ0) is 19.1. The summed E-state index contributed by atoms with van der Waals surface area (Å²) in [5, 5.41) is 2.92. The maximum atomic E-state index is 13.9. The van der Waals surface area contributed by atoms with Crippen molar-refractivity contribution < 1.29 is 9.18 Å². The second kappa shape index (κ2) is 9.33. The fraction of sp³-hybridized carbons (Fsp3) is 0.318. The van der Waals surface area contributed by atoms with Crippen LogP contribution >= 0.6 is 0 Å². The van der Waals surface area contributed by atoms with Crippen molar-refractivity contribution in [1.29, 1.82) is 0 Å². The van der Waals surface area contributed by atoms with Crippen LogP contribution in [0.4, 0.5) is 15.8 Å². The van der Waals surface area contributed by atoms with Crippen molar-refractivity contribution in [3.63, 3.8) is 0 Å². The van der Waals surface area contributed by atoms with Crippen LogP contribution in [0.1, 0.15) is 18.4 Å². The predicted octanol–water partition coefficient (Wildman–Crippen LogP) is 4.05. The number of anilines is 2. The zero-order valence-corrected chi connectivity index (χ0v) is 15.5. The number of carbonyl (C=O) groups is 1. The lowest BCUT2D eigenvalue weighted by Gasteiger charge is -2.21. The van der Waals surface area contributed by atoms with E-state index in [2.05, 4.69) is 16.8 Å². The summed E-state index contributed by atoms with van der Waals surface area (Å²) < 4.78 is 13.9.